The highest BCUT2D eigenvalue weighted by Crippen LogP contribution is 2.38. The second kappa shape index (κ2) is 2.03. The Kier molecular flexibility index (Phi) is 1.57. The minimum Gasteiger partial charge on any atom is -0.235 e. The topological polar surface area (TPSA) is 0 Å². The largest absolute Gasteiger partial charge is 0.235 e. The molecular weight excluding hydrogens is 111 g/mol. The van der Waals surface area contributed by atoms with Gasteiger partial charge in [-0.1, -0.05) is 0 Å². The standard InChI is InChI=1S/C5H9FS/c1-7-5(6)4-2-3-4/h4-5H,2-3H2,1H3/t5-/m0/s1. The molecule has 1 aliphatic carbocycles. The first-order valence-corrected chi connectivity index (χ1v) is 3.80. The van der Waals surface area contributed by atoms with Crippen LogP contribution in [0.25, 0.3) is 0 Å². The van der Waals surface area contributed by atoms with E-state index in [1.54, 1.807) is 0 Å². The number of alkyl halides is 1. The van der Waals surface area contributed by atoms with Crippen molar-refractivity contribution in [1.82, 2.24) is 0 Å². The van der Waals surface area contributed by atoms with Gasteiger partial charge < -0.3 is 0 Å². The van der Waals surface area contributed by atoms with Gasteiger partial charge in [0.1, 0.15) is 5.50 Å². The maximum atomic E-state index is 12.3. The highest BCUT2D eigenvalue weighted by Gasteiger charge is 2.30. The molecule has 0 N–H and O–H groups in total. The molecule has 0 aliphatic heterocycles. The minimum atomic E-state index is -0.569. The lowest BCUT2D eigenvalue weighted by atomic mass is 10.5. The molecule has 7 heavy (non-hydrogen) atoms. The molecule has 1 aliphatic rings. The van der Waals surface area contributed by atoms with Crippen molar-refractivity contribution in [3.05, 3.63) is 0 Å². The Morgan fingerprint density at radius 1 is 1.71 bits per heavy atom. The SMILES string of the molecule is CS[C@H](F)C1CC1. The molecular formula is C5H9FS. The van der Waals surface area contributed by atoms with Gasteiger partial charge in [0.15, 0.2) is 0 Å². The molecule has 42 valence electrons. The Morgan fingerprint density at radius 2 is 2.29 bits per heavy atom. The predicted molar refractivity (Wildman–Crippen MR) is 31.1 cm³/mol. The van der Waals surface area contributed by atoms with Crippen molar-refractivity contribution in [3.8, 4) is 0 Å². The van der Waals surface area contributed by atoms with Crippen LogP contribution in [-0.2, 0) is 0 Å². The van der Waals surface area contributed by atoms with Crippen LogP contribution in [-0.4, -0.2) is 11.8 Å². The Balaban J connectivity index is 2.10. The van der Waals surface area contributed by atoms with E-state index in [2.05, 4.69) is 0 Å². The normalized spacial score (nSPS) is 24.9. The molecule has 0 aromatic rings. The summed E-state index contributed by atoms with van der Waals surface area (Å²) in [6.07, 6.45) is 4.05. The fourth-order valence-electron chi connectivity index (χ4n) is 0.551. The van der Waals surface area contributed by atoms with E-state index in [1.807, 2.05) is 6.26 Å². The van der Waals surface area contributed by atoms with Crippen LogP contribution in [0.3, 0.4) is 0 Å². The summed E-state index contributed by atoms with van der Waals surface area (Å²) in [5.74, 6) is 0.412. The summed E-state index contributed by atoms with van der Waals surface area (Å²) in [5, 5.41) is 0. The second-order valence-corrected chi connectivity index (χ2v) is 2.85. The molecule has 1 fully saturated rings. The zero-order valence-electron chi connectivity index (χ0n) is 4.36. The molecule has 0 bridgehead atoms. The maximum Gasteiger partial charge on any atom is 0.148 e. The fraction of sp³-hybridized carbons (Fsp3) is 1.00. The Hall–Kier alpha value is 0.280. The van der Waals surface area contributed by atoms with Crippen molar-refractivity contribution in [1.29, 1.82) is 0 Å². The number of hydrogen-bond acceptors (Lipinski definition) is 1. The molecule has 0 aromatic carbocycles. The smallest absolute Gasteiger partial charge is 0.148 e. The number of rotatable bonds is 2. The highest BCUT2D eigenvalue weighted by molar-refractivity contribution is 7.99. The Labute approximate surface area is 47.5 Å². The first-order valence-electron chi connectivity index (χ1n) is 2.51. The average molecular weight is 120 g/mol. The lowest BCUT2D eigenvalue weighted by Crippen LogP contribution is -1.92. The Bertz CT molecular complexity index is 61.1. The molecule has 0 radical (unpaired) electrons. The van der Waals surface area contributed by atoms with E-state index in [0.29, 0.717) is 5.92 Å². The van der Waals surface area contributed by atoms with Gasteiger partial charge in [0, 0.05) is 0 Å². The van der Waals surface area contributed by atoms with Crippen molar-refractivity contribution in [2.24, 2.45) is 5.92 Å². The lowest BCUT2D eigenvalue weighted by molar-refractivity contribution is 0.414. The molecule has 0 unspecified atom stereocenters. The van der Waals surface area contributed by atoms with Gasteiger partial charge in [0.05, 0.1) is 0 Å². The summed E-state index contributed by atoms with van der Waals surface area (Å²) < 4.78 is 12.3. The molecule has 0 aromatic heterocycles. The second-order valence-electron chi connectivity index (χ2n) is 1.92. The van der Waals surface area contributed by atoms with Gasteiger partial charge in [-0.15, -0.1) is 11.8 Å². The van der Waals surface area contributed by atoms with Crippen LogP contribution >= 0.6 is 11.8 Å². The zero-order valence-corrected chi connectivity index (χ0v) is 5.17. The van der Waals surface area contributed by atoms with E-state index >= 15 is 0 Å². The predicted octanol–water partition coefficient (Wildman–Crippen LogP) is 2.05. The minimum absolute atomic E-state index is 0.412. The molecule has 0 spiro atoms. The van der Waals surface area contributed by atoms with Gasteiger partial charge >= 0.3 is 0 Å². The van der Waals surface area contributed by atoms with Crippen LogP contribution in [0.2, 0.25) is 0 Å². The van der Waals surface area contributed by atoms with E-state index in [0.717, 1.165) is 12.8 Å². The summed E-state index contributed by atoms with van der Waals surface area (Å²) in [6.45, 7) is 0. The van der Waals surface area contributed by atoms with Gasteiger partial charge in [-0.25, -0.2) is 4.39 Å². The van der Waals surface area contributed by atoms with Crippen LogP contribution in [0.5, 0.6) is 0 Å². The first-order chi connectivity index (χ1) is 3.34. The van der Waals surface area contributed by atoms with Crippen LogP contribution < -0.4 is 0 Å². The molecule has 0 saturated heterocycles. The van der Waals surface area contributed by atoms with E-state index < -0.39 is 5.50 Å². The average Bonchev–Trinajstić information content (AvgIpc) is 2.44. The third-order valence-corrected chi connectivity index (χ3v) is 2.05. The molecule has 2 heteroatoms. The van der Waals surface area contributed by atoms with Gasteiger partial charge in [-0.2, -0.15) is 0 Å². The number of thioether (sulfide) groups is 1. The van der Waals surface area contributed by atoms with E-state index in [-0.39, 0.29) is 0 Å². The molecule has 1 rings (SSSR count). The molecule has 0 amide bonds. The number of hydrogen-bond donors (Lipinski definition) is 0. The molecule has 0 nitrogen and oxygen atoms in total. The Morgan fingerprint density at radius 3 is 2.43 bits per heavy atom. The van der Waals surface area contributed by atoms with Crippen LogP contribution in [0, 0.1) is 5.92 Å². The monoisotopic (exact) mass is 120 g/mol. The quantitative estimate of drug-likeness (QED) is 0.537. The highest BCUT2D eigenvalue weighted by atomic mass is 32.2. The van der Waals surface area contributed by atoms with Crippen LogP contribution in [0.4, 0.5) is 4.39 Å². The number of halogens is 1. The molecule has 1 atom stereocenters. The zero-order chi connectivity index (χ0) is 5.28. The van der Waals surface area contributed by atoms with Crippen LogP contribution in [0.1, 0.15) is 12.8 Å². The van der Waals surface area contributed by atoms with Crippen molar-refractivity contribution < 1.29 is 4.39 Å². The van der Waals surface area contributed by atoms with E-state index in [9.17, 15) is 4.39 Å². The molecule has 1 saturated carbocycles. The van der Waals surface area contributed by atoms with Crippen molar-refractivity contribution >= 4 is 11.8 Å². The lowest BCUT2D eigenvalue weighted by Gasteiger charge is -1.96. The summed E-state index contributed by atoms with van der Waals surface area (Å²) in [4.78, 5) is 0. The van der Waals surface area contributed by atoms with Crippen molar-refractivity contribution in [3.63, 3.8) is 0 Å². The molecule has 0 heterocycles. The van der Waals surface area contributed by atoms with Gasteiger partial charge in [-0.3, -0.25) is 0 Å². The third kappa shape index (κ3) is 1.34. The first kappa shape index (κ1) is 5.42. The van der Waals surface area contributed by atoms with E-state index in [1.165, 1.54) is 11.8 Å². The van der Waals surface area contributed by atoms with Gasteiger partial charge in [-0.05, 0) is 25.0 Å². The van der Waals surface area contributed by atoms with Crippen molar-refractivity contribution in [2.75, 3.05) is 6.26 Å². The summed E-state index contributed by atoms with van der Waals surface area (Å²) in [5.41, 5.74) is -0.569. The maximum absolute atomic E-state index is 12.3. The van der Waals surface area contributed by atoms with Gasteiger partial charge in [0.25, 0.3) is 0 Å². The van der Waals surface area contributed by atoms with Crippen molar-refractivity contribution in [2.45, 2.75) is 18.3 Å². The fourth-order valence-corrected chi connectivity index (χ4v) is 1.21. The van der Waals surface area contributed by atoms with E-state index in [4.69, 9.17) is 0 Å². The summed E-state index contributed by atoms with van der Waals surface area (Å²) >= 11 is 1.33. The third-order valence-electron chi connectivity index (χ3n) is 1.22. The summed E-state index contributed by atoms with van der Waals surface area (Å²) in [7, 11) is 0. The van der Waals surface area contributed by atoms with Gasteiger partial charge in [0.2, 0.25) is 0 Å². The van der Waals surface area contributed by atoms with Crippen LogP contribution in [0.15, 0.2) is 0 Å². The summed E-state index contributed by atoms with van der Waals surface area (Å²) in [6, 6.07) is 0.